The first kappa shape index (κ1) is 9.87. The summed E-state index contributed by atoms with van der Waals surface area (Å²) in [6.45, 7) is 1.71. The van der Waals surface area contributed by atoms with Crippen molar-refractivity contribution in [2.24, 2.45) is 5.73 Å². The van der Waals surface area contributed by atoms with Crippen LogP contribution in [0.25, 0.3) is 10.8 Å². The van der Waals surface area contributed by atoms with E-state index in [4.69, 9.17) is 5.73 Å². The van der Waals surface area contributed by atoms with Crippen molar-refractivity contribution in [3.8, 4) is 0 Å². The molecule has 0 amide bonds. The lowest BCUT2D eigenvalue weighted by Crippen LogP contribution is -2.26. The lowest BCUT2D eigenvalue weighted by atomic mass is 9.99. The Kier molecular flexibility index (Phi) is 2.52. The van der Waals surface area contributed by atoms with Crippen LogP contribution in [0.5, 0.6) is 0 Å². The summed E-state index contributed by atoms with van der Waals surface area (Å²) in [5, 5.41) is 2.05. The SMILES string of the molecule is C[C@H](N)C(=O)c1cccc2ccccc12. The number of Topliss-reactive ketones (excluding diaryl/α,β-unsaturated/α-hetero) is 1. The fraction of sp³-hybridized carbons (Fsp3) is 0.154. The van der Waals surface area contributed by atoms with Gasteiger partial charge in [0.25, 0.3) is 0 Å². The third-order valence-electron chi connectivity index (χ3n) is 2.47. The van der Waals surface area contributed by atoms with Gasteiger partial charge in [-0.2, -0.15) is 0 Å². The molecule has 0 aromatic heterocycles. The topological polar surface area (TPSA) is 43.1 Å². The molecule has 2 nitrogen and oxygen atoms in total. The molecule has 0 fully saturated rings. The zero-order valence-corrected chi connectivity index (χ0v) is 8.60. The second-order valence-electron chi connectivity index (χ2n) is 3.68. The highest BCUT2D eigenvalue weighted by molar-refractivity contribution is 6.10. The average Bonchev–Trinajstić information content (AvgIpc) is 2.27. The number of rotatable bonds is 2. The Morgan fingerprint density at radius 2 is 1.80 bits per heavy atom. The van der Waals surface area contributed by atoms with Gasteiger partial charge in [-0.25, -0.2) is 0 Å². The fourth-order valence-corrected chi connectivity index (χ4v) is 1.69. The highest BCUT2D eigenvalue weighted by Gasteiger charge is 2.12. The van der Waals surface area contributed by atoms with Crippen molar-refractivity contribution < 1.29 is 4.79 Å². The average molecular weight is 199 g/mol. The molecule has 0 aliphatic rings. The minimum Gasteiger partial charge on any atom is -0.321 e. The quantitative estimate of drug-likeness (QED) is 0.754. The molecule has 0 saturated heterocycles. The molecular weight excluding hydrogens is 186 g/mol. The maximum absolute atomic E-state index is 11.8. The minimum absolute atomic E-state index is 0.00759. The summed E-state index contributed by atoms with van der Waals surface area (Å²) >= 11 is 0. The number of nitrogens with two attached hydrogens (primary N) is 1. The molecule has 1 atom stereocenters. The molecule has 2 rings (SSSR count). The van der Waals surface area contributed by atoms with E-state index in [0.717, 1.165) is 10.8 Å². The third kappa shape index (κ3) is 1.76. The van der Waals surface area contributed by atoms with Gasteiger partial charge >= 0.3 is 0 Å². The molecule has 0 unspecified atom stereocenters. The first-order valence-electron chi connectivity index (χ1n) is 4.97. The highest BCUT2D eigenvalue weighted by Crippen LogP contribution is 2.19. The zero-order chi connectivity index (χ0) is 10.8. The Balaban J connectivity index is 2.66. The first-order chi connectivity index (χ1) is 7.20. The van der Waals surface area contributed by atoms with E-state index in [0.29, 0.717) is 5.56 Å². The molecule has 0 heterocycles. The third-order valence-corrected chi connectivity index (χ3v) is 2.47. The first-order valence-corrected chi connectivity index (χ1v) is 4.97. The number of hydrogen-bond donors (Lipinski definition) is 1. The normalized spacial score (nSPS) is 12.7. The molecular formula is C13H13NO. The summed E-state index contributed by atoms with van der Waals surface area (Å²) in [6, 6.07) is 13.1. The predicted octanol–water partition coefficient (Wildman–Crippen LogP) is 2.37. The summed E-state index contributed by atoms with van der Waals surface area (Å²) in [4.78, 5) is 11.8. The largest absolute Gasteiger partial charge is 0.321 e. The lowest BCUT2D eigenvalue weighted by Gasteiger charge is -2.07. The predicted molar refractivity (Wildman–Crippen MR) is 61.9 cm³/mol. The van der Waals surface area contributed by atoms with Crippen molar-refractivity contribution in [1.82, 2.24) is 0 Å². The van der Waals surface area contributed by atoms with Crippen molar-refractivity contribution in [2.75, 3.05) is 0 Å². The van der Waals surface area contributed by atoms with Crippen LogP contribution in [0, 0.1) is 0 Å². The van der Waals surface area contributed by atoms with E-state index >= 15 is 0 Å². The lowest BCUT2D eigenvalue weighted by molar-refractivity contribution is 0.0969. The van der Waals surface area contributed by atoms with Crippen LogP contribution in [0.3, 0.4) is 0 Å². The second-order valence-corrected chi connectivity index (χ2v) is 3.68. The molecule has 76 valence electrons. The Hall–Kier alpha value is -1.67. The zero-order valence-electron chi connectivity index (χ0n) is 8.60. The van der Waals surface area contributed by atoms with E-state index in [-0.39, 0.29) is 5.78 Å². The monoisotopic (exact) mass is 199 g/mol. The van der Waals surface area contributed by atoms with Gasteiger partial charge in [0.15, 0.2) is 5.78 Å². The Bertz CT molecular complexity index is 497. The van der Waals surface area contributed by atoms with Crippen LogP contribution >= 0.6 is 0 Å². The van der Waals surface area contributed by atoms with E-state index in [1.807, 2.05) is 42.5 Å². The fourth-order valence-electron chi connectivity index (χ4n) is 1.69. The van der Waals surface area contributed by atoms with Crippen LogP contribution < -0.4 is 5.73 Å². The molecule has 0 radical (unpaired) electrons. The van der Waals surface area contributed by atoms with Crippen LogP contribution in [-0.4, -0.2) is 11.8 Å². The van der Waals surface area contributed by atoms with Gasteiger partial charge < -0.3 is 5.73 Å². The standard InChI is InChI=1S/C13H13NO/c1-9(14)13(15)12-8-4-6-10-5-2-3-7-11(10)12/h2-9H,14H2,1H3/t9-/m0/s1. The number of carbonyl (C=O) groups excluding carboxylic acids is 1. The summed E-state index contributed by atoms with van der Waals surface area (Å²) in [5.74, 6) is -0.00759. The number of hydrogen-bond acceptors (Lipinski definition) is 2. The van der Waals surface area contributed by atoms with Crippen LogP contribution in [0.4, 0.5) is 0 Å². The summed E-state index contributed by atoms with van der Waals surface area (Å²) < 4.78 is 0. The van der Waals surface area contributed by atoms with E-state index < -0.39 is 6.04 Å². The molecule has 2 aromatic carbocycles. The number of carbonyl (C=O) groups is 1. The molecule has 2 N–H and O–H groups in total. The van der Waals surface area contributed by atoms with E-state index in [1.165, 1.54) is 0 Å². The smallest absolute Gasteiger partial charge is 0.179 e. The molecule has 0 aliphatic heterocycles. The molecule has 0 aliphatic carbocycles. The number of benzene rings is 2. The van der Waals surface area contributed by atoms with Gasteiger partial charge in [0.05, 0.1) is 6.04 Å². The molecule has 15 heavy (non-hydrogen) atoms. The van der Waals surface area contributed by atoms with Gasteiger partial charge in [0, 0.05) is 5.56 Å². The number of fused-ring (bicyclic) bond motifs is 1. The van der Waals surface area contributed by atoms with Gasteiger partial charge in [-0.1, -0.05) is 42.5 Å². The summed E-state index contributed by atoms with van der Waals surface area (Å²) in [6.07, 6.45) is 0. The molecule has 2 heteroatoms. The summed E-state index contributed by atoms with van der Waals surface area (Å²) in [5.41, 5.74) is 6.32. The van der Waals surface area contributed by atoms with E-state index in [9.17, 15) is 4.79 Å². The highest BCUT2D eigenvalue weighted by atomic mass is 16.1. The van der Waals surface area contributed by atoms with E-state index in [1.54, 1.807) is 6.92 Å². The van der Waals surface area contributed by atoms with Crippen LogP contribution in [-0.2, 0) is 0 Å². The van der Waals surface area contributed by atoms with Crippen LogP contribution in [0.2, 0.25) is 0 Å². The Morgan fingerprint density at radius 3 is 2.53 bits per heavy atom. The van der Waals surface area contributed by atoms with Crippen molar-refractivity contribution in [2.45, 2.75) is 13.0 Å². The molecule has 0 saturated carbocycles. The minimum atomic E-state index is -0.448. The Morgan fingerprint density at radius 1 is 1.13 bits per heavy atom. The van der Waals surface area contributed by atoms with E-state index in [2.05, 4.69) is 0 Å². The molecule has 0 spiro atoms. The van der Waals surface area contributed by atoms with Gasteiger partial charge in [-0.3, -0.25) is 4.79 Å². The van der Waals surface area contributed by atoms with Gasteiger partial charge in [-0.15, -0.1) is 0 Å². The summed E-state index contributed by atoms with van der Waals surface area (Å²) in [7, 11) is 0. The maximum atomic E-state index is 11.8. The van der Waals surface area contributed by atoms with Crippen molar-refractivity contribution in [3.05, 3.63) is 48.0 Å². The van der Waals surface area contributed by atoms with Gasteiger partial charge in [-0.05, 0) is 17.7 Å². The molecule has 0 bridgehead atoms. The van der Waals surface area contributed by atoms with Gasteiger partial charge in [0.2, 0.25) is 0 Å². The van der Waals surface area contributed by atoms with Crippen molar-refractivity contribution in [1.29, 1.82) is 0 Å². The molecule has 2 aromatic rings. The van der Waals surface area contributed by atoms with Crippen molar-refractivity contribution >= 4 is 16.6 Å². The van der Waals surface area contributed by atoms with Crippen molar-refractivity contribution in [3.63, 3.8) is 0 Å². The van der Waals surface area contributed by atoms with Crippen LogP contribution in [0.15, 0.2) is 42.5 Å². The second kappa shape index (κ2) is 3.83. The Labute approximate surface area is 88.7 Å². The maximum Gasteiger partial charge on any atom is 0.179 e. The van der Waals surface area contributed by atoms with Gasteiger partial charge in [0.1, 0.15) is 0 Å². The van der Waals surface area contributed by atoms with Crippen LogP contribution in [0.1, 0.15) is 17.3 Å². The number of ketones is 1.